The van der Waals surface area contributed by atoms with Crippen LogP contribution in [0.3, 0.4) is 0 Å². The van der Waals surface area contributed by atoms with Crippen LogP contribution in [0.2, 0.25) is 0 Å². The highest BCUT2D eigenvalue weighted by Gasteiger charge is 2.39. The molecule has 2 rings (SSSR count). The molecular weight excluding hydrogens is 297 g/mol. The molecule has 1 heterocycles. The normalized spacial score (nSPS) is 22.3. The van der Waals surface area contributed by atoms with Crippen LogP contribution in [0.1, 0.15) is 11.7 Å². The average Bonchev–Trinajstić information content (AvgIpc) is 2.41. The van der Waals surface area contributed by atoms with Gasteiger partial charge in [-0.1, -0.05) is 6.07 Å². The topological polar surface area (TPSA) is 32.7 Å². The summed E-state index contributed by atoms with van der Waals surface area (Å²) in [4.78, 5) is 1.38. The minimum absolute atomic E-state index is 0.0677. The van der Waals surface area contributed by atoms with E-state index in [9.17, 15) is 22.0 Å². The summed E-state index contributed by atoms with van der Waals surface area (Å²) in [5, 5.41) is 9.06. The quantitative estimate of drug-likeness (QED) is 0.869. The van der Waals surface area contributed by atoms with Gasteiger partial charge in [0.2, 0.25) is 0 Å². The number of benzene rings is 1. The maximum absolute atomic E-state index is 13.2. The van der Waals surface area contributed by atoms with Crippen LogP contribution in [-0.2, 0) is 4.74 Å². The number of rotatable bonds is 3. The average molecular weight is 311 g/mol. The molecule has 0 amide bonds. The lowest BCUT2D eigenvalue weighted by atomic mass is 10.1. The Morgan fingerprint density at radius 3 is 2.62 bits per heavy atom. The van der Waals surface area contributed by atoms with Crippen molar-refractivity contribution in [2.24, 2.45) is 0 Å². The van der Waals surface area contributed by atoms with Crippen molar-refractivity contribution < 1.29 is 31.8 Å². The highest BCUT2D eigenvalue weighted by atomic mass is 19.4. The van der Waals surface area contributed by atoms with Crippen molar-refractivity contribution in [1.29, 1.82) is 0 Å². The zero-order valence-electron chi connectivity index (χ0n) is 10.9. The number of nitrogens with zero attached hydrogens (tertiary/aromatic N) is 1. The predicted octanol–water partition coefficient (Wildman–Crippen LogP) is 2.26. The smallest absolute Gasteiger partial charge is 0.382 e. The molecule has 1 aliphatic heterocycles. The molecule has 0 saturated carbocycles. The third-order valence-electron chi connectivity index (χ3n) is 3.27. The molecule has 1 saturated heterocycles. The summed E-state index contributed by atoms with van der Waals surface area (Å²) in [6.45, 7) is -0.132. The number of hydrogen-bond donors (Lipinski definition) is 1. The molecule has 1 aromatic rings. The van der Waals surface area contributed by atoms with Crippen molar-refractivity contribution in [1.82, 2.24) is 4.90 Å². The maximum Gasteiger partial charge on any atom is 0.415 e. The van der Waals surface area contributed by atoms with Crippen LogP contribution in [0.4, 0.5) is 22.0 Å². The van der Waals surface area contributed by atoms with Crippen LogP contribution < -0.4 is 0 Å². The Morgan fingerprint density at radius 1 is 1.29 bits per heavy atom. The number of halogens is 5. The number of aliphatic hydroxyl groups excluding tert-OH is 1. The third kappa shape index (κ3) is 4.12. The highest BCUT2D eigenvalue weighted by molar-refractivity contribution is 5.21. The fourth-order valence-corrected chi connectivity index (χ4v) is 2.13. The third-order valence-corrected chi connectivity index (χ3v) is 3.27. The number of aliphatic hydroxyl groups is 1. The zero-order chi connectivity index (χ0) is 15.6. The van der Waals surface area contributed by atoms with Gasteiger partial charge in [0.05, 0.1) is 12.7 Å². The summed E-state index contributed by atoms with van der Waals surface area (Å²) >= 11 is 0. The largest absolute Gasteiger partial charge is 0.415 e. The zero-order valence-corrected chi connectivity index (χ0v) is 10.9. The summed E-state index contributed by atoms with van der Waals surface area (Å²) < 4.78 is 68.4. The van der Waals surface area contributed by atoms with Gasteiger partial charge in [-0.25, -0.2) is 8.78 Å². The van der Waals surface area contributed by atoms with Gasteiger partial charge in [0, 0.05) is 19.6 Å². The molecule has 1 fully saturated rings. The van der Waals surface area contributed by atoms with E-state index >= 15 is 0 Å². The van der Waals surface area contributed by atoms with Crippen LogP contribution in [0, 0.1) is 11.6 Å². The SMILES string of the molecule is O[C@@H](CN1CCO[C@H](c2ccc(F)c(F)c2)C1)C(F)(F)F. The molecule has 3 nitrogen and oxygen atoms in total. The van der Waals surface area contributed by atoms with Crippen LogP contribution in [0.25, 0.3) is 0 Å². The van der Waals surface area contributed by atoms with Crippen LogP contribution in [0.5, 0.6) is 0 Å². The molecule has 0 spiro atoms. The second-order valence-corrected chi connectivity index (χ2v) is 4.85. The van der Waals surface area contributed by atoms with E-state index in [4.69, 9.17) is 9.84 Å². The van der Waals surface area contributed by atoms with E-state index in [1.165, 1.54) is 11.0 Å². The van der Waals surface area contributed by atoms with Crippen LogP contribution in [0.15, 0.2) is 18.2 Å². The first-order valence-electron chi connectivity index (χ1n) is 6.31. The van der Waals surface area contributed by atoms with Crippen molar-refractivity contribution >= 4 is 0 Å². The van der Waals surface area contributed by atoms with E-state index in [-0.39, 0.29) is 19.7 Å². The van der Waals surface area contributed by atoms with E-state index in [1.807, 2.05) is 0 Å². The van der Waals surface area contributed by atoms with Gasteiger partial charge >= 0.3 is 6.18 Å². The van der Waals surface area contributed by atoms with Crippen LogP contribution >= 0.6 is 0 Å². The Kier molecular flexibility index (Phi) is 4.80. The van der Waals surface area contributed by atoms with Gasteiger partial charge in [0.1, 0.15) is 0 Å². The number of alkyl halides is 3. The minimum Gasteiger partial charge on any atom is -0.382 e. The first-order chi connectivity index (χ1) is 9.77. The summed E-state index contributed by atoms with van der Waals surface area (Å²) in [5.74, 6) is -2.04. The number of β-amino-alcohol motifs (C(OH)–C–C–N with tert-alkyl or cyclic N) is 1. The standard InChI is InChI=1S/C13H14F5NO2/c14-9-2-1-8(5-10(9)15)11-6-19(3-4-21-11)7-12(20)13(16,17)18/h1-2,5,11-12,20H,3-4,6-7H2/t11-,12-/m0/s1. The molecule has 0 radical (unpaired) electrons. The first kappa shape index (κ1) is 16.1. The van der Waals surface area contributed by atoms with Crippen molar-refractivity contribution in [3.63, 3.8) is 0 Å². The summed E-state index contributed by atoms with van der Waals surface area (Å²) in [5.41, 5.74) is 0.347. The van der Waals surface area contributed by atoms with Gasteiger partial charge in [-0.2, -0.15) is 13.2 Å². The number of ether oxygens (including phenoxy) is 1. The lowest BCUT2D eigenvalue weighted by Crippen LogP contribution is -2.46. The molecule has 1 N–H and O–H groups in total. The van der Waals surface area contributed by atoms with Crippen LogP contribution in [-0.4, -0.2) is 48.5 Å². The Hall–Kier alpha value is -1.25. The Balaban J connectivity index is 2.02. The minimum atomic E-state index is -4.68. The molecule has 118 valence electrons. The van der Waals surface area contributed by atoms with Crippen molar-refractivity contribution in [3.8, 4) is 0 Å². The van der Waals surface area contributed by atoms with Crippen molar-refractivity contribution in [3.05, 3.63) is 35.4 Å². The first-order valence-corrected chi connectivity index (χ1v) is 6.31. The predicted molar refractivity (Wildman–Crippen MR) is 63.6 cm³/mol. The molecule has 1 aliphatic rings. The van der Waals surface area contributed by atoms with Crippen molar-refractivity contribution in [2.75, 3.05) is 26.2 Å². The molecule has 1 aromatic carbocycles. The van der Waals surface area contributed by atoms with E-state index in [0.717, 1.165) is 12.1 Å². The molecule has 0 aliphatic carbocycles. The molecule has 21 heavy (non-hydrogen) atoms. The molecule has 2 atom stereocenters. The van der Waals surface area contributed by atoms with Gasteiger partial charge in [-0.15, -0.1) is 0 Å². The fourth-order valence-electron chi connectivity index (χ4n) is 2.13. The monoisotopic (exact) mass is 311 g/mol. The van der Waals surface area contributed by atoms with Gasteiger partial charge < -0.3 is 9.84 Å². The summed E-state index contributed by atoms with van der Waals surface area (Å²) in [7, 11) is 0. The highest BCUT2D eigenvalue weighted by Crippen LogP contribution is 2.26. The number of morpholine rings is 1. The van der Waals surface area contributed by atoms with Crippen molar-refractivity contribution in [2.45, 2.75) is 18.4 Å². The summed E-state index contributed by atoms with van der Waals surface area (Å²) in [6.07, 6.45) is -7.79. The molecular formula is C13H14F5NO2. The molecule has 8 heteroatoms. The lowest BCUT2D eigenvalue weighted by Gasteiger charge is -2.34. The van der Waals surface area contributed by atoms with Gasteiger partial charge in [0.25, 0.3) is 0 Å². The lowest BCUT2D eigenvalue weighted by molar-refractivity contribution is -0.211. The summed E-state index contributed by atoms with van der Waals surface area (Å²) in [6, 6.07) is 3.23. The van der Waals surface area contributed by atoms with Gasteiger partial charge in [-0.05, 0) is 17.7 Å². The second-order valence-electron chi connectivity index (χ2n) is 4.85. The Morgan fingerprint density at radius 2 is 2.00 bits per heavy atom. The molecule has 0 unspecified atom stereocenters. The van der Waals surface area contributed by atoms with E-state index < -0.39 is 36.6 Å². The fraction of sp³-hybridized carbons (Fsp3) is 0.538. The van der Waals surface area contributed by atoms with E-state index in [2.05, 4.69) is 0 Å². The van der Waals surface area contributed by atoms with E-state index in [0.29, 0.717) is 5.56 Å². The van der Waals surface area contributed by atoms with Gasteiger partial charge in [0.15, 0.2) is 17.7 Å². The second kappa shape index (κ2) is 6.25. The Labute approximate surface area is 117 Å². The van der Waals surface area contributed by atoms with Gasteiger partial charge in [-0.3, -0.25) is 4.90 Å². The number of hydrogen-bond acceptors (Lipinski definition) is 3. The maximum atomic E-state index is 13.2. The van der Waals surface area contributed by atoms with E-state index in [1.54, 1.807) is 0 Å². The molecule has 0 aromatic heterocycles. The molecule has 0 bridgehead atoms. The Bertz CT molecular complexity index is 494.